The van der Waals surface area contributed by atoms with E-state index in [1.54, 1.807) is 18.9 Å². The van der Waals surface area contributed by atoms with Crippen LogP contribution in [-0.4, -0.2) is 13.0 Å². The molecule has 3 aromatic rings. The summed E-state index contributed by atoms with van der Waals surface area (Å²) in [5, 5.41) is 2.67. The summed E-state index contributed by atoms with van der Waals surface area (Å²) in [5.41, 5.74) is 1.72. The summed E-state index contributed by atoms with van der Waals surface area (Å²) in [6.45, 7) is 0. The van der Waals surface area contributed by atoms with E-state index >= 15 is 0 Å². The normalized spacial score (nSPS) is 11.6. The quantitative estimate of drug-likeness (QED) is 0.624. The van der Waals surface area contributed by atoms with Crippen LogP contribution in [0.4, 0.5) is 5.69 Å². The maximum absolute atomic E-state index is 12.9. The molecule has 1 amide bonds. The molecule has 0 unspecified atom stereocenters. The van der Waals surface area contributed by atoms with Crippen LogP contribution in [0.2, 0.25) is 0 Å². The molecule has 1 N–H and O–H groups in total. The highest BCUT2D eigenvalue weighted by atomic mass is 32.2. The number of carbonyl (C=O) groups excluding carboxylic acids is 1. The number of hydrogen-bond donors (Lipinski definition) is 1. The highest BCUT2D eigenvalue weighted by Gasteiger charge is 2.22. The Morgan fingerprint density at radius 3 is 2.08 bits per heavy atom. The fourth-order valence-electron chi connectivity index (χ4n) is 2.42. The van der Waals surface area contributed by atoms with Crippen molar-refractivity contribution in [3.8, 4) is 5.75 Å². The lowest BCUT2D eigenvalue weighted by Crippen LogP contribution is -2.19. The summed E-state index contributed by atoms with van der Waals surface area (Å²) in [4.78, 5) is 14.0. The molecule has 0 bridgehead atoms. The van der Waals surface area contributed by atoms with Crippen molar-refractivity contribution in [1.82, 2.24) is 0 Å². The fraction of sp³-hybridized carbons (Fsp3) is 0.0952. The SMILES string of the molecule is COc1ccc(NC(=O)[C@@H](Sc2ccccc2)c2ccccc2)cc1. The Balaban J connectivity index is 1.81. The molecule has 0 saturated heterocycles. The Bertz CT molecular complexity index is 804. The van der Waals surface area contributed by atoms with Crippen molar-refractivity contribution in [2.24, 2.45) is 0 Å². The van der Waals surface area contributed by atoms with Crippen LogP contribution in [0.25, 0.3) is 0 Å². The first kappa shape index (κ1) is 17.1. The fourth-order valence-corrected chi connectivity index (χ4v) is 3.46. The molecule has 3 aromatic carbocycles. The lowest BCUT2D eigenvalue weighted by molar-refractivity contribution is -0.115. The van der Waals surface area contributed by atoms with Gasteiger partial charge < -0.3 is 10.1 Å². The third kappa shape index (κ3) is 4.64. The number of methoxy groups -OCH3 is 1. The van der Waals surface area contributed by atoms with Crippen molar-refractivity contribution in [2.45, 2.75) is 10.1 Å². The Hall–Kier alpha value is -2.72. The first-order valence-electron chi connectivity index (χ1n) is 7.98. The molecule has 0 radical (unpaired) electrons. The summed E-state index contributed by atoms with van der Waals surface area (Å²) in [6.07, 6.45) is 0. The summed E-state index contributed by atoms with van der Waals surface area (Å²) < 4.78 is 5.15. The highest BCUT2D eigenvalue weighted by Crippen LogP contribution is 2.36. The molecule has 3 rings (SSSR count). The van der Waals surface area contributed by atoms with E-state index in [1.807, 2.05) is 84.9 Å². The topological polar surface area (TPSA) is 38.3 Å². The van der Waals surface area contributed by atoms with Crippen LogP contribution in [0.3, 0.4) is 0 Å². The average molecular weight is 349 g/mol. The van der Waals surface area contributed by atoms with Gasteiger partial charge in [0.25, 0.3) is 0 Å². The molecule has 0 fully saturated rings. The summed E-state index contributed by atoms with van der Waals surface area (Å²) in [5.74, 6) is 0.710. The maximum atomic E-state index is 12.9. The molecule has 0 aromatic heterocycles. The van der Waals surface area contributed by atoms with Gasteiger partial charge in [0.1, 0.15) is 11.0 Å². The second kappa shape index (κ2) is 8.40. The average Bonchev–Trinajstić information content (AvgIpc) is 2.68. The minimum atomic E-state index is -0.328. The third-order valence-electron chi connectivity index (χ3n) is 3.70. The van der Waals surface area contributed by atoms with Crippen LogP contribution in [0.5, 0.6) is 5.75 Å². The Morgan fingerprint density at radius 1 is 0.880 bits per heavy atom. The highest BCUT2D eigenvalue weighted by molar-refractivity contribution is 8.00. The van der Waals surface area contributed by atoms with Gasteiger partial charge in [-0.05, 0) is 42.0 Å². The second-order valence-electron chi connectivity index (χ2n) is 5.44. The lowest BCUT2D eigenvalue weighted by atomic mass is 10.1. The molecular formula is C21H19NO2S. The van der Waals surface area contributed by atoms with Gasteiger partial charge in [-0.25, -0.2) is 0 Å². The first-order valence-corrected chi connectivity index (χ1v) is 8.86. The molecule has 4 heteroatoms. The van der Waals surface area contributed by atoms with E-state index in [0.717, 1.165) is 21.9 Å². The standard InChI is InChI=1S/C21H19NO2S/c1-24-18-14-12-17(13-15-18)22-21(23)20(16-8-4-2-5-9-16)25-19-10-6-3-7-11-19/h2-15,20H,1H3,(H,22,23)/t20-/m0/s1. The smallest absolute Gasteiger partial charge is 0.242 e. The van der Waals surface area contributed by atoms with Gasteiger partial charge >= 0.3 is 0 Å². The van der Waals surface area contributed by atoms with E-state index in [2.05, 4.69) is 5.32 Å². The molecule has 1 atom stereocenters. The minimum Gasteiger partial charge on any atom is -0.497 e. The van der Waals surface area contributed by atoms with Gasteiger partial charge in [-0.3, -0.25) is 4.79 Å². The van der Waals surface area contributed by atoms with E-state index in [9.17, 15) is 4.79 Å². The summed E-state index contributed by atoms with van der Waals surface area (Å²) in [7, 11) is 1.62. The molecule has 0 aliphatic carbocycles. The number of benzene rings is 3. The molecule has 0 aliphatic heterocycles. The van der Waals surface area contributed by atoms with Crippen LogP contribution in [0.15, 0.2) is 89.8 Å². The number of rotatable bonds is 6. The zero-order valence-corrected chi connectivity index (χ0v) is 14.7. The zero-order valence-electron chi connectivity index (χ0n) is 13.9. The van der Waals surface area contributed by atoms with E-state index in [1.165, 1.54) is 0 Å². The van der Waals surface area contributed by atoms with Gasteiger partial charge in [0.15, 0.2) is 0 Å². The van der Waals surface area contributed by atoms with Crippen molar-refractivity contribution >= 4 is 23.4 Å². The Kier molecular flexibility index (Phi) is 5.75. The van der Waals surface area contributed by atoms with Crippen LogP contribution < -0.4 is 10.1 Å². The number of thioether (sulfide) groups is 1. The Labute approximate surface area is 152 Å². The van der Waals surface area contributed by atoms with Gasteiger partial charge in [0.05, 0.1) is 7.11 Å². The largest absolute Gasteiger partial charge is 0.497 e. The van der Waals surface area contributed by atoms with E-state index in [-0.39, 0.29) is 11.2 Å². The van der Waals surface area contributed by atoms with Gasteiger partial charge in [0.2, 0.25) is 5.91 Å². The van der Waals surface area contributed by atoms with Crippen molar-refractivity contribution < 1.29 is 9.53 Å². The molecule has 0 saturated carbocycles. The van der Waals surface area contributed by atoms with Crippen LogP contribution in [0.1, 0.15) is 10.8 Å². The number of ether oxygens (including phenoxy) is 1. The van der Waals surface area contributed by atoms with Gasteiger partial charge in [0, 0.05) is 10.6 Å². The van der Waals surface area contributed by atoms with Gasteiger partial charge in [-0.15, -0.1) is 11.8 Å². The number of hydrogen-bond acceptors (Lipinski definition) is 3. The van der Waals surface area contributed by atoms with Crippen LogP contribution >= 0.6 is 11.8 Å². The first-order chi connectivity index (χ1) is 12.3. The third-order valence-corrected chi connectivity index (χ3v) is 4.96. The predicted molar refractivity (Wildman–Crippen MR) is 103 cm³/mol. The Morgan fingerprint density at radius 2 is 1.48 bits per heavy atom. The molecule has 3 nitrogen and oxygen atoms in total. The van der Waals surface area contributed by atoms with Gasteiger partial charge in [-0.1, -0.05) is 48.5 Å². The minimum absolute atomic E-state index is 0.0507. The van der Waals surface area contributed by atoms with E-state index in [4.69, 9.17) is 4.74 Å². The molecule has 0 aliphatic rings. The maximum Gasteiger partial charge on any atom is 0.242 e. The van der Waals surface area contributed by atoms with Crippen LogP contribution in [0, 0.1) is 0 Å². The predicted octanol–water partition coefficient (Wildman–Crippen LogP) is 5.17. The van der Waals surface area contributed by atoms with Gasteiger partial charge in [-0.2, -0.15) is 0 Å². The number of anilines is 1. The number of nitrogens with one attached hydrogen (secondary N) is 1. The van der Waals surface area contributed by atoms with Crippen molar-refractivity contribution in [3.63, 3.8) is 0 Å². The van der Waals surface area contributed by atoms with Crippen molar-refractivity contribution in [2.75, 3.05) is 12.4 Å². The number of carbonyl (C=O) groups is 1. The summed E-state index contributed by atoms with van der Waals surface area (Å²) in [6, 6.07) is 27.1. The molecule has 0 spiro atoms. The molecule has 0 heterocycles. The molecule has 126 valence electrons. The lowest BCUT2D eigenvalue weighted by Gasteiger charge is -2.17. The van der Waals surface area contributed by atoms with Crippen molar-refractivity contribution in [3.05, 3.63) is 90.5 Å². The second-order valence-corrected chi connectivity index (χ2v) is 6.62. The van der Waals surface area contributed by atoms with E-state index in [0.29, 0.717) is 0 Å². The zero-order chi connectivity index (χ0) is 17.5. The summed E-state index contributed by atoms with van der Waals surface area (Å²) >= 11 is 1.54. The van der Waals surface area contributed by atoms with Crippen LogP contribution in [-0.2, 0) is 4.79 Å². The molecule has 25 heavy (non-hydrogen) atoms. The molecular weight excluding hydrogens is 330 g/mol. The monoisotopic (exact) mass is 349 g/mol. The van der Waals surface area contributed by atoms with Crippen molar-refractivity contribution in [1.29, 1.82) is 0 Å². The van der Waals surface area contributed by atoms with E-state index < -0.39 is 0 Å². The number of amides is 1.